The molecule has 1 aromatic carbocycles. The Morgan fingerprint density at radius 1 is 1.33 bits per heavy atom. The molecule has 1 aromatic rings. The van der Waals surface area contributed by atoms with E-state index in [4.69, 9.17) is 5.73 Å². The van der Waals surface area contributed by atoms with Gasteiger partial charge in [-0.3, -0.25) is 9.89 Å². The summed E-state index contributed by atoms with van der Waals surface area (Å²) in [7, 11) is 0. The number of rotatable bonds is 6. The van der Waals surface area contributed by atoms with Crippen molar-refractivity contribution in [2.75, 3.05) is 19.6 Å². The molecule has 1 fully saturated rings. The molecule has 1 saturated heterocycles. The molecule has 21 heavy (non-hydrogen) atoms. The van der Waals surface area contributed by atoms with Gasteiger partial charge in [0.15, 0.2) is 5.96 Å². The second kappa shape index (κ2) is 8.67. The first-order chi connectivity index (χ1) is 10.3. The van der Waals surface area contributed by atoms with Crippen molar-refractivity contribution < 1.29 is 0 Å². The number of hydrogen-bond acceptors (Lipinski definition) is 2. The number of nitrogens with zero attached hydrogens (tertiary/aromatic N) is 2. The van der Waals surface area contributed by atoms with Gasteiger partial charge in [0.05, 0.1) is 6.54 Å². The van der Waals surface area contributed by atoms with Crippen molar-refractivity contribution in [2.45, 2.75) is 45.2 Å². The summed E-state index contributed by atoms with van der Waals surface area (Å²) in [6, 6.07) is 11.2. The molecule has 4 nitrogen and oxygen atoms in total. The minimum absolute atomic E-state index is 0.515. The van der Waals surface area contributed by atoms with E-state index >= 15 is 0 Å². The molecule has 1 aliphatic rings. The van der Waals surface area contributed by atoms with Gasteiger partial charge in [-0.15, -0.1) is 0 Å². The predicted octanol–water partition coefficient (Wildman–Crippen LogP) is 2.36. The minimum Gasteiger partial charge on any atom is -0.370 e. The zero-order chi connectivity index (χ0) is 14.9. The Labute approximate surface area is 128 Å². The summed E-state index contributed by atoms with van der Waals surface area (Å²) in [6.07, 6.45) is 4.88. The Bertz CT molecular complexity index is 430. The lowest BCUT2D eigenvalue weighted by atomic mass is 10.0. The molecule has 0 radical (unpaired) electrons. The molecule has 1 heterocycles. The number of nitrogens with one attached hydrogen (secondary N) is 1. The van der Waals surface area contributed by atoms with Crippen molar-refractivity contribution in [3.8, 4) is 0 Å². The molecule has 0 aromatic heterocycles. The van der Waals surface area contributed by atoms with Crippen LogP contribution in [-0.4, -0.2) is 36.5 Å². The van der Waals surface area contributed by atoms with E-state index in [1.165, 1.54) is 24.8 Å². The highest BCUT2D eigenvalue weighted by molar-refractivity contribution is 5.77. The first kappa shape index (κ1) is 15.8. The van der Waals surface area contributed by atoms with E-state index < -0.39 is 0 Å². The van der Waals surface area contributed by atoms with Gasteiger partial charge < -0.3 is 11.1 Å². The molecule has 116 valence electrons. The molecular weight excluding hydrogens is 260 g/mol. The summed E-state index contributed by atoms with van der Waals surface area (Å²) in [5, 5.41) is 3.15. The van der Waals surface area contributed by atoms with Crippen LogP contribution in [0.1, 0.15) is 38.2 Å². The average molecular weight is 288 g/mol. The van der Waals surface area contributed by atoms with Gasteiger partial charge in [-0.05, 0) is 31.4 Å². The summed E-state index contributed by atoms with van der Waals surface area (Å²) >= 11 is 0. The number of likely N-dealkylation sites (tertiary alicyclic amines) is 1. The smallest absolute Gasteiger partial charge is 0.188 e. The van der Waals surface area contributed by atoms with E-state index in [0.29, 0.717) is 12.0 Å². The van der Waals surface area contributed by atoms with Crippen LogP contribution in [0.4, 0.5) is 0 Å². The lowest BCUT2D eigenvalue weighted by molar-refractivity contribution is 0.145. The van der Waals surface area contributed by atoms with Crippen molar-refractivity contribution >= 4 is 5.96 Å². The number of hydrogen-bond donors (Lipinski definition) is 2. The van der Waals surface area contributed by atoms with Crippen molar-refractivity contribution in [1.82, 2.24) is 10.2 Å². The highest BCUT2D eigenvalue weighted by Gasteiger charge is 2.22. The zero-order valence-corrected chi connectivity index (χ0v) is 13.1. The molecule has 1 atom stereocenters. The lowest BCUT2D eigenvalue weighted by Gasteiger charge is -2.35. The topological polar surface area (TPSA) is 53.6 Å². The fourth-order valence-electron chi connectivity index (χ4n) is 2.81. The zero-order valence-electron chi connectivity index (χ0n) is 13.1. The fraction of sp³-hybridized carbons (Fsp3) is 0.588. The highest BCUT2D eigenvalue weighted by atomic mass is 15.2. The summed E-state index contributed by atoms with van der Waals surface area (Å²) < 4.78 is 0. The first-order valence-electron chi connectivity index (χ1n) is 8.11. The van der Waals surface area contributed by atoms with Crippen molar-refractivity contribution in [2.24, 2.45) is 10.7 Å². The Morgan fingerprint density at radius 3 is 2.90 bits per heavy atom. The first-order valence-corrected chi connectivity index (χ1v) is 8.11. The van der Waals surface area contributed by atoms with Crippen LogP contribution in [0.3, 0.4) is 0 Å². The number of aliphatic imine (C=N–C) groups is 1. The number of nitrogens with two attached hydrogens (primary N) is 1. The molecule has 1 aliphatic heterocycles. The molecule has 0 amide bonds. The Kier molecular flexibility index (Phi) is 6.54. The molecule has 2 rings (SSSR count). The fourth-order valence-corrected chi connectivity index (χ4v) is 2.81. The van der Waals surface area contributed by atoms with E-state index in [1.807, 2.05) is 0 Å². The maximum absolute atomic E-state index is 5.90. The van der Waals surface area contributed by atoms with Crippen LogP contribution in [0.15, 0.2) is 35.3 Å². The van der Waals surface area contributed by atoms with E-state index in [9.17, 15) is 0 Å². The SMILES string of the molecule is CCCNC(N)=NCC1CCCCN1Cc1ccccc1. The molecule has 0 saturated carbocycles. The van der Waals surface area contributed by atoms with Crippen molar-refractivity contribution in [1.29, 1.82) is 0 Å². The number of piperidine rings is 1. The van der Waals surface area contributed by atoms with Crippen LogP contribution < -0.4 is 11.1 Å². The molecular formula is C17H28N4. The van der Waals surface area contributed by atoms with E-state index in [-0.39, 0.29) is 0 Å². The Balaban J connectivity index is 1.89. The normalized spacial score (nSPS) is 20.4. The van der Waals surface area contributed by atoms with Crippen LogP contribution >= 0.6 is 0 Å². The van der Waals surface area contributed by atoms with E-state index in [0.717, 1.165) is 32.6 Å². The molecule has 3 N–H and O–H groups in total. The minimum atomic E-state index is 0.515. The molecule has 0 bridgehead atoms. The van der Waals surface area contributed by atoms with E-state index in [2.05, 4.69) is 52.5 Å². The summed E-state index contributed by atoms with van der Waals surface area (Å²) in [6.45, 7) is 6.01. The highest BCUT2D eigenvalue weighted by Crippen LogP contribution is 2.19. The number of guanidine groups is 1. The predicted molar refractivity (Wildman–Crippen MR) is 89.3 cm³/mol. The average Bonchev–Trinajstić information content (AvgIpc) is 2.53. The third kappa shape index (κ3) is 5.38. The van der Waals surface area contributed by atoms with Gasteiger partial charge in [-0.2, -0.15) is 0 Å². The van der Waals surface area contributed by atoms with Gasteiger partial charge in [0.1, 0.15) is 0 Å². The summed E-state index contributed by atoms with van der Waals surface area (Å²) in [5.74, 6) is 0.585. The number of benzene rings is 1. The van der Waals surface area contributed by atoms with Gasteiger partial charge in [0, 0.05) is 19.1 Å². The van der Waals surface area contributed by atoms with Crippen LogP contribution in [-0.2, 0) is 6.54 Å². The largest absolute Gasteiger partial charge is 0.370 e. The quantitative estimate of drug-likeness (QED) is 0.624. The summed E-state index contributed by atoms with van der Waals surface area (Å²) in [4.78, 5) is 7.07. The maximum atomic E-state index is 5.90. The second-order valence-electron chi connectivity index (χ2n) is 5.76. The van der Waals surface area contributed by atoms with E-state index in [1.54, 1.807) is 0 Å². The Hall–Kier alpha value is -1.55. The van der Waals surface area contributed by atoms with Crippen LogP contribution in [0.25, 0.3) is 0 Å². The third-order valence-corrected chi connectivity index (χ3v) is 4.01. The van der Waals surface area contributed by atoms with Gasteiger partial charge in [0.25, 0.3) is 0 Å². The van der Waals surface area contributed by atoms with Gasteiger partial charge in [-0.25, -0.2) is 0 Å². The van der Waals surface area contributed by atoms with Gasteiger partial charge in [0.2, 0.25) is 0 Å². The van der Waals surface area contributed by atoms with Crippen LogP contribution in [0, 0.1) is 0 Å². The standard InChI is InChI=1S/C17H28N4/c1-2-11-19-17(18)20-13-16-10-6-7-12-21(16)14-15-8-4-3-5-9-15/h3-5,8-9,16H,2,6-7,10-14H2,1H3,(H3,18,19,20). The van der Waals surface area contributed by atoms with Crippen molar-refractivity contribution in [3.05, 3.63) is 35.9 Å². The third-order valence-electron chi connectivity index (χ3n) is 4.01. The summed E-state index contributed by atoms with van der Waals surface area (Å²) in [5.41, 5.74) is 7.28. The molecule has 0 spiro atoms. The molecule has 0 aliphatic carbocycles. The van der Waals surface area contributed by atoms with Gasteiger partial charge in [-0.1, -0.05) is 43.7 Å². The van der Waals surface area contributed by atoms with Crippen LogP contribution in [0.2, 0.25) is 0 Å². The van der Waals surface area contributed by atoms with Crippen LogP contribution in [0.5, 0.6) is 0 Å². The monoisotopic (exact) mass is 288 g/mol. The Morgan fingerprint density at radius 2 is 2.14 bits per heavy atom. The maximum Gasteiger partial charge on any atom is 0.188 e. The molecule has 1 unspecified atom stereocenters. The van der Waals surface area contributed by atoms with Crippen molar-refractivity contribution in [3.63, 3.8) is 0 Å². The lowest BCUT2D eigenvalue weighted by Crippen LogP contribution is -2.42. The second-order valence-corrected chi connectivity index (χ2v) is 5.76. The molecule has 4 heteroatoms. The van der Waals surface area contributed by atoms with Gasteiger partial charge >= 0.3 is 0 Å².